The Balaban J connectivity index is 1.52. The summed E-state index contributed by atoms with van der Waals surface area (Å²) in [7, 11) is 2.90. The molecule has 0 fully saturated rings. The Labute approximate surface area is 257 Å². The van der Waals surface area contributed by atoms with Crippen LogP contribution in [0.4, 0.5) is 0 Å². The van der Waals surface area contributed by atoms with Gasteiger partial charge in [-0.1, -0.05) is 6.07 Å². The van der Waals surface area contributed by atoms with Gasteiger partial charge in [-0.2, -0.15) is 5.10 Å². The molecule has 2 aromatic rings. The third-order valence-corrected chi connectivity index (χ3v) is 8.94. The van der Waals surface area contributed by atoms with Gasteiger partial charge in [-0.05, 0) is 50.8 Å². The topological polar surface area (TPSA) is 216 Å². The van der Waals surface area contributed by atoms with Crippen molar-refractivity contribution < 1.29 is 24.9 Å². The summed E-state index contributed by atoms with van der Waals surface area (Å²) in [6.45, 7) is 3.97. The lowest BCUT2D eigenvalue weighted by atomic mass is 9.78. The van der Waals surface area contributed by atoms with Crippen LogP contribution in [0.2, 0.25) is 0 Å². The molecule has 46 heavy (non-hydrogen) atoms. The number of aromatic nitrogens is 1. The van der Waals surface area contributed by atoms with Crippen LogP contribution in [0.3, 0.4) is 0 Å². The molecule has 1 unspecified atom stereocenters. The Morgan fingerprint density at radius 2 is 1.67 bits per heavy atom. The zero-order chi connectivity index (χ0) is 33.4. The number of hydrogen-bond acceptors (Lipinski definition) is 12. The Morgan fingerprint density at radius 1 is 1.02 bits per heavy atom. The molecule has 1 heterocycles. The normalized spacial score (nSPS) is 17.3. The van der Waals surface area contributed by atoms with Crippen molar-refractivity contribution >= 4 is 34.4 Å². The largest absolute Gasteiger partial charge is 0.510 e. The number of phenols is 1. The Kier molecular flexibility index (Phi) is 6.93. The van der Waals surface area contributed by atoms with Gasteiger partial charge in [0.2, 0.25) is 16.3 Å². The van der Waals surface area contributed by atoms with E-state index in [4.69, 9.17) is 4.74 Å². The van der Waals surface area contributed by atoms with Crippen LogP contribution in [-0.4, -0.2) is 64.1 Å². The van der Waals surface area contributed by atoms with Crippen molar-refractivity contribution in [1.29, 1.82) is 0 Å². The van der Waals surface area contributed by atoms with E-state index in [-0.39, 0.29) is 53.4 Å². The number of fused-ring (bicyclic) bond motifs is 4. The number of aliphatic hydroxyl groups is 2. The van der Waals surface area contributed by atoms with Crippen LogP contribution in [0.25, 0.3) is 22.3 Å². The summed E-state index contributed by atoms with van der Waals surface area (Å²) in [5.74, 6) is -3.00. The summed E-state index contributed by atoms with van der Waals surface area (Å²) in [5.41, 5.74) is -4.15. The molecule has 4 aliphatic carbocycles. The molecule has 1 aromatic carbocycles. The van der Waals surface area contributed by atoms with Gasteiger partial charge in [-0.15, -0.1) is 0 Å². The van der Waals surface area contributed by atoms with Crippen LogP contribution in [-0.2, 0) is 16.6 Å². The molecular weight excluding hydrogens is 600 g/mol. The van der Waals surface area contributed by atoms with Crippen LogP contribution in [0.15, 0.2) is 47.3 Å². The first kappa shape index (κ1) is 30.4. The number of nitrogens with zero attached hydrogens (tertiary/aromatic N) is 2. The second kappa shape index (κ2) is 10.5. The molecule has 14 heteroatoms. The molecule has 0 radical (unpaired) electrons. The number of rotatable bonds is 6. The van der Waals surface area contributed by atoms with Crippen LogP contribution < -0.4 is 47.9 Å². The summed E-state index contributed by atoms with van der Waals surface area (Å²) in [6, 6.07) is 3.98. The van der Waals surface area contributed by atoms with E-state index in [0.29, 0.717) is 5.56 Å². The number of phenolic OH excluding ortho intramolecular Hbond substituents is 1. The number of likely N-dealkylation sites (N-methyl/N-ethyl adjacent to an activating group) is 1. The number of nitrogens with one attached hydrogen (secondary N) is 2. The van der Waals surface area contributed by atoms with Crippen LogP contribution in [0.1, 0.15) is 37.1 Å². The van der Waals surface area contributed by atoms with Crippen molar-refractivity contribution in [2.75, 3.05) is 20.7 Å². The zero-order valence-corrected chi connectivity index (χ0v) is 25.1. The second-order valence-corrected chi connectivity index (χ2v) is 11.7. The smallest absolute Gasteiger partial charge is 0.260 e. The molecule has 1 aromatic heterocycles. The molecule has 6 rings (SSSR count). The average Bonchev–Trinajstić information content (AvgIpc) is 3.48. The number of aryl methyl sites for hydroxylation is 1. The summed E-state index contributed by atoms with van der Waals surface area (Å²) in [4.78, 5) is 82.7. The lowest BCUT2D eigenvalue weighted by Gasteiger charge is -2.27. The number of methoxy groups -OCH3 is 1. The second-order valence-electron chi connectivity index (χ2n) is 11.7. The number of amides is 1. The van der Waals surface area contributed by atoms with Crippen molar-refractivity contribution in [3.05, 3.63) is 107 Å². The quantitative estimate of drug-likeness (QED) is 0.120. The lowest BCUT2D eigenvalue weighted by molar-refractivity contribution is -0.122. The molecule has 14 nitrogen and oxygen atoms in total. The summed E-state index contributed by atoms with van der Waals surface area (Å²) in [6.07, 6.45) is 1.24. The van der Waals surface area contributed by atoms with E-state index < -0.39 is 76.6 Å². The van der Waals surface area contributed by atoms with Gasteiger partial charge >= 0.3 is 0 Å². The Morgan fingerprint density at radius 3 is 2.30 bits per heavy atom. The summed E-state index contributed by atoms with van der Waals surface area (Å²) < 4.78 is 4.89. The maximum Gasteiger partial charge on any atom is 0.260 e. The minimum atomic E-state index is -2.00. The van der Waals surface area contributed by atoms with E-state index in [1.807, 2.05) is 18.7 Å². The number of carbonyl (C=O) groups excluding carboxylic acids is 1. The molecule has 0 aliphatic heterocycles. The molecular formula is C32H28N4O10. The van der Waals surface area contributed by atoms with Crippen molar-refractivity contribution in [2.45, 2.75) is 38.1 Å². The highest BCUT2D eigenvalue weighted by Crippen LogP contribution is 2.54. The van der Waals surface area contributed by atoms with Crippen molar-refractivity contribution in [1.82, 2.24) is 15.3 Å². The number of aromatic hydroxyl groups is 1. The number of pyridine rings is 1. The van der Waals surface area contributed by atoms with Gasteiger partial charge in [0.25, 0.3) is 11.5 Å². The van der Waals surface area contributed by atoms with Crippen LogP contribution in [0.5, 0.6) is 11.5 Å². The summed E-state index contributed by atoms with van der Waals surface area (Å²) >= 11 is 0. The number of hydrogen-bond donors (Lipinski definition) is 5. The minimum absolute atomic E-state index is 0.0928. The van der Waals surface area contributed by atoms with Gasteiger partial charge in [-0.25, -0.2) is 5.43 Å². The maximum atomic E-state index is 13.6. The van der Waals surface area contributed by atoms with Crippen molar-refractivity contribution in [2.24, 2.45) is 5.10 Å². The number of aliphatic hydroxyl groups excluding tert-OH is 2. The first-order chi connectivity index (χ1) is 21.7. The van der Waals surface area contributed by atoms with Gasteiger partial charge in [0, 0.05) is 17.7 Å². The number of hydrazone groups is 1. The van der Waals surface area contributed by atoms with Gasteiger partial charge in [0.05, 0.1) is 51.8 Å². The van der Waals surface area contributed by atoms with Crippen LogP contribution in [0, 0.1) is 10.4 Å². The van der Waals surface area contributed by atoms with Gasteiger partial charge in [0.1, 0.15) is 22.7 Å². The fraction of sp³-hybridized carbons (Fsp3) is 0.281. The van der Waals surface area contributed by atoms with E-state index in [1.54, 1.807) is 13.1 Å². The molecule has 0 saturated heterocycles. The number of H-pyrrole nitrogens is 1. The van der Waals surface area contributed by atoms with Crippen LogP contribution >= 0.6 is 0 Å². The van der Waals surface area contributed by atoms with E-state index in [2.05, 4.69) is 15.5 Å². The maximum absolute atomic E-state index is 13.6. The molecule has 5 N–H and O–H groups in total. The average molecular weight is 629 g/mol. The third-order valence-electron chi connectivity index (χ3n) is 8.94. The molecule has 236 valence electrons. The highest BCUT2D eigenvalue weighted by Gasteiger charge is 2.53. The van der Waals surface area contributed by atoms with E-state index in [0.717, 1.165) is 13.2 Å². The zero-order valence-electron chi connectivity index (χ0n) is 25.1. The predicted octanol–water partition coefficient (Wildman–Crippen LogP) is -1.70. The van der Waals surface area contributed by atoms with E-state index >= 15 is 0 Å². The van der Waals surface area contributed by atoms with Gasteiger partial charge in [0.15, 0.2) is 11.2 Å². The van der Waals surface area contributed by atoms with E-state index in [1.165, 1.54) is 12.3 Å². The third kappa shape index (κ3) is 4.10. The number of benzene rings is 1. The molecule has 0 saturated carbocycles. The SMILES string of the molecule is COc1cc(=O)c2c(=O)c3c(c(=O)c=2c1=O)=C(O)C1(CCc2cc4cc(/C=N/NC(=O)CN(C)C(C)C)[nH]c(=O)c4c(O)c21)C=3O. The standard InChI is InChI=1S/C32H28N4O10/c1-12(2)36(3)11-18(38)35-33-10-15-8-14-7-13-5-6-32(24(13)28(42)19(14)31(45)34-15)29(43)22-23(30(32)44)27(41)21-20(26(22)40)16(37)9-17(46-4)25(21)39/h7-10,12,42-44H,5-6,11H2,1-4H3,(H,34,45)(H,35,38)/b33-10+. The van der Waals surface area contributed by atoms with Crippen molar-refractivity contribution in [3.63, 3.8) is 0 Å². The monoisotopic (exact) mass is 628 g/mol. The number of ether oxygens (including phenoxy) is 1. The Hall–Kier alpha value is -5.63. The van der Waals surface area contributed by atoms with Gasteiger partial charge in [-0.3, -0.25) is 33.7 Å². The molecule has 1 amide bonds. The molecule has 1 atom stereocenters. The lowest BCUT2D eigenvalue weighted by Crippen LogP contribution is -2.51. The number of carbonyl (C=O) groups is 1. The fourth-order valence-electron chi connectivity index (χ4n) is 6.46. The molecule has 4 aliphatic rings. The fourth-order valence-corrected chi connectivity index (χ4v) is 6.46. The molecule has 1 spiro atoms. The van der Waals surface area contributed by atoms with E-state index in [9.17, 15) is 44.1 Å². The van der Waals surface area contributed by atoms with Crippen molar-refractivity contribution in [3.8, 4) is 11.5 Å². The number of aromatic amines is 1. The predicted molar refractivity (Wildman–Crippen MR) is 167 cm³/mol. The van der Waals surface area contributed by atoms with Gasteiger partial charge < -0.3 is 25.0 Å². The minimum Gasteiger partial charge on any atom is -0.510 e. The summed E-state index contributed by atoms with van der Waals surface area (Å²) in [5, 5.41) is 35.8. The first-order valence-electron chi connectivity index (χ1n) is 14.2. The molecule has 0 bridgehead atoms. The highest BCUT2D eigenvalue weighted by molar-refractivity contribution is 5.96. The highest BCUT2D eigenvalue weighted by atomic mass is 16.5. The first-order valence-corrected chi connectivity index (χ1v) is 14.2. The Bertz CT molecular complexity index is 2530.